The maximum atomic E-state index is 5.70. The van der Waals surface area contributed by atoms with Crippen molar-refractivity contribution in [2.75, 3.05) is 25.5 Å². The van der Waals surface area contributed by atoms with Crippen molar-refractivity contribution in [3.8, 4) is 5.88 Å². The third-order valence-electron chi connectivity index (χ3n) is 2.28. The lowest BCUT2D eigenvalue weighted by atomic mass is 10.3. The number of hydrogen-bond donors (Lipinski definition) is 2. The molecule has 0 aromatic carbocycles. The molecule has 0 spiro atoms. The molecule has 0 aliphatic carbocycles. The monoisotopic (exact) mass is 193 g/mol. The smallest absolute Gasteiger partial charge is 0.215 e. The van der Waals surface area contributed by atoms with E-state index in [1.54, 1.807) is 0 Å². The first-order valence-corrected chi connectivity index (χ1v) is 4.90. The Kier molecular flexibility index (Phi) is 2.84. The predicted octanol–water partition coefficient (Wildman–Crippen LogP) is 0.864. The van der Waals surface area contributed by atoms with E-state index in [0.29, 0.717) is 5.88 Å². The van der Waals surface area contributed by atoms with E-state index >= 15 is 0 Å². The van der Waals surface area contributed by atoms with Crippen LogP contribution in [0.2, 0.25) is 0 Å². The number of hydrogen-bond acceptors (Lipinski definition) is 4. The highest BCUT2D eigenvalue weighted by Gasteiger charge is 2.16. The van der Waals surface area contributed by atoms with Crippen molar-refractivity contribution in [3.63, 3.8) is 0 Å². The molecule has 0 saturated carbocycles. The standard InChI is InChI=1S/C10H15N3O/c1-11-9-3-2-4-10(13-9)14-8-5-6-12-7-8/h2-4,8,12H,5-7H2,1H3,(H,11,13). The van der Waals surface area contributed by atoms with E-state index in [-0.39, 0.29) is 6.10 Å². The Morgan fingerprint density at radius 3 is 3.21 bits per heavy atom. The molecule has 1 aliphatic heterocycles. The highest BCUT2D eigenvalue weighted by Crippen LogP contribution is 2.14. The normalized spacial score (nSPS) is 20.8. The maximum absolute atomic E-state index is 5.70. The second-order valence-electron chi connectivity index (χ2n) is 3.34. The van der Waals surface area contributed by atoms with Crippen LogP contribution in [0.15, 0.2) is 18.2 Å². The van der Waals surface area contributed by atoms with Crippen molar-refractivity contribution in [1.82, 2.24) is 10.3 Å². The van der Waals surface area contributed by atoms with Gasteiger partial charge in [0, 0.05) is 19.7 Å². The molecule has 1 fully saturated rings. The second-order valence-corrected chi connectivity index (χ2v) is 3.34. The fourth-order valence-electron chi connectivity index (χ4n) is 1.52. The Morgan fingerprint density at radius 1 is 1.57 bits per heavy atom. The van der Waals surface area contributed by atoms with Crippen molar-refractivity contribution in [1.29, 1.82) is 0 Å². The predicted molar refractivity (Wildman–Crippen MR) is 55.7 cm³/mol. The van der Waals surface area contributed by atoms with Crippen LogP contribution < -0.4 is 15.4 Å². The van der Waals surface area contributed by atoms with Gasteiger partial charge >= 0.3 is 0 Å². The van der Waals surface area contributed by atoms with Crippen LogP contribution in [0.5, 0.6) is 5.88 Å². The van der Waals surface area contributed by atoms with Crippen molar-refractivity contribution >= 4 is 5.82 Å². The summed E-state index contributed by atoms with van der Waals surface area (Å²) >= 11 is 0. The molecular weight excluding hydrogens is 178 g/mol. The Balaban J connectivity index is 2.00. The summed E-state index contributed by atoms with van der Waals surface area (Å²) in [6, 6.07) is 5.75. The molecule has 14 heavy (non-hydrogen) atoms. The molecule has 4 nitrogen and oxygen atoms in total. The zero-order valence-electron chi connectivity index (χ0n) is 8.29. The van der Waals surface area contributed by atoms with Gasteiger partial charge in [-0.25, -0.2) is 0 Å². The van der Waals surface area contributed by atoms with E-state index in [1.807, 2.05) is 25.2 Å². The Labute approximate surface area is 83.7 Å². The minimum atomic E-state index is 0.273. The van der Waals surface area contributed by atoms with Crippen molar-refractivity contribution in [2.45, 2.75) is 12.5 Å². The minimum Gasteiger partial charge on any atom is -0.473 e. The molecule has 2 heterocycles. The van der Waals surface area contributed by atoms with E-state index in [0.717, 1.165) is 25.3 Å². The summed E-state index contributed by atoms with van der Waals surface area (Å²) in [5.41, 5.74) is 0. The largest absolute Gasteiger partial charge is 0.473 e. The van der Waals surface area contributed by atoms with Gasteiger partial charge in [-0.15, -0.1) is 0 Å². The van der Waals surface area contributed by atoms with Gasteiger partial charge in [0.2, 0.25) is 5.88 Å². The van der Waals surface area contributed by atoms with Gasteiger partial charge in [-0.3, -0.25) is 0 Å². The number of nitrogens with zero attached hydrogens (tertiary/aromatic N) is 1. The number of pyridine rings is 1. The van der Waals surface area contributed by atoms with Gasteiger partial charge in [0.15, 0.2) is 0 Å². The molecule has 0 bridgehead atoms. The molecule has 0 amide bonds. The molecule has 1 atom stereocenters. The number of rotatable bonds is 3. The highest BCUT2D eigenvalue weighted by atomic mass is 16.5. The fraction of sp³-hybridized carbons (Fsp3) is 0.500. The molecule has 2 rings (SSSR count). The first-order chi connectivity index (χ1) is 6.88. The molecule has 2 N–H and O–H groups in total. The van der Waals surface area contributed by atoms with E-state index < -0.39 is 0 Å². The summed E-state index contributed by atoms with van der Waals surface area (Å²) in [5.74, 6) is 1.54. The number of nitrogens with one attached hydrogen (secondary N) is 2. The molecule has 4 heteroatoms. The Morgan fingerprint density at radius 2 is 2.50 bits per heavy atom. The van der Waals surface area contributed by atoms with Gasteiger partial charge in [0.05, 0.1) is 0 Å². The molecule has 1 aromatic heterocycles. The number of aromatic nitrogens is 1. The average Bonchev–Trinajstić information content (AvgIpc) is 2.71. The third kappa shape index (κ3) is 2.14. The SMILES string of the molecule is CNc1cccc(OC2CCNC2)n1. The van der Waals surface area contributed by atoms with E-state index in [1.165, 1.54) is 0 Å². The van der Waals surface area contributed by atoms with Crippen LogP contribution in [-0.4, -0.2) is 31.2 Å². The number of anilines is 1. The van der Waals surface area contributed by atoms with Crippen molar-refractivity contribution in [3.05, 3.63) is 18.2 Å². The third-order valence-corrected chi connectivity index (χ3v) is 2.28. The zero-order valence-corrected chi connectivity index (χ0v) is 8.29. The van der Waals surface area contributed by atoms with E-state index in [2.05, 4.69) is 15.6 Å². The highest BCUT2D eigenvalue weighted by molar-refractivity contribution is 5.36. The maximum Gasteiger partial charge on any atom is 0.215 e. The molecule has 1 saturated heterocycles. The summed E-state index contributed by atoms with van der Waals surface area (Å²) in [6.45, 7) is 1.96. The van der Waals surface area contributed by atoms with Gasteiger partial charge in [-0.1, -0.05) is 6.07 Å². The van der Waals surface area contributed by atoms with Crippen LogP contribution in [0.25, 0.3) is 0 Å². The van der Waals surface area contributed by atoms with Crippen LogP contribution in [-0.2, 0) is 0 Å². The van der Waals surface area contributed by atoms with Gasteiger partial charge in [-0.05, 0) is 19.0 Å². The summed E-state index contributed by atoms with van der Waals surface area (Å²) in [6.07, 6.45) is 1.33. The molecule has 1 aromatic rings. The van der Waals surface area contributed by atoms with Gasteiger partial charge < -0.3 is 15.4 Å². The zero-order chi connectivity index (χ0) is 9.80. The lowest BCUT2D eigenvalue weighted by Crippen LogP contribution is -2.20. The average molecular weight is 193 g/mol. The fourth-order valence-corrected chi connectivity index (χ4v) is 1.52. The van der Waals surface area contributed by atoms with Crippen LogP contribution in [0.1, 0.15) is 6.42 Å². The minimum absolute atomic E-state index is 0.273. The summed E-state index contributed by atoms with van der Waals surface area (Å²) < 4.78 is 5.70. The number of ether oxygens (including phenoxy) is 1. The van der Waals surface area contributed by atoms with Crippen LogP contribution >= 0.6 is 0 Å². The first kappa shape index (κ1) is 9.27. The first-order valence-electron chi connectivity index (χ1n) is 4.90. The second kappa shape index (κ2) is 4.28. The van der Waals surface area contributed by atoms with E-state index in [4.69, 9.17) is 4.74 Å². The molecule has 0 radical (unpaired) electrons. The van der Waals surface area contributed by atoms with Gasteiger partial charge in [-0.2, -0.15) is 4.98 Å². The van der Waals surface area contributed by atoms with Crippen LogP contribution in [0.4, 0.5) is 5.82 Å². The summed E-state index contributed by atoms with van der Waals surface area (Å²) in [4.78, 5) is 4.29. The molecule has 76 valence electrons. The summed E-state index contributed by atoms with van der Waals surface area (Å²) in [5, 5.41) is 6.24. The van der Waals surface area contributed by atoms with Crippen molar-refractivity contribution < 1.29 is 4.74 Å². The molecular formula is C10H15N3O. The van der Waals surface area contributed by atoms with Gasteiger partial charge in [0.1, 0.15) is 11.9 Å². The lowest BCUT2D eigenvalue weighted by molar-refractivity contribution is 0.214. The van der Waals surface area contributed by atoms with Crippen molar-refractivity contribution in [2.24, 2.45) is 0 Å². The van der Waals surface area contributed by atoms with Crippen LogP contribution in [0, 0.1) is 0 Å². The Bertz CT molecular complexity index is 297. The topological polar surface area (TPSA) is 46.2 Å². The molecule has 1 aliphatic rings. The molecule has 1 unspecified atom stereocenters. The Hall–Kier alpha value is -1.29. The quantitative estimate of drug-likeness (QED) is 0.747. The summed E-state index contributed by atoms with van der Waals surface area (Å²) in [7, 11) is 1.85. The van der Waals surface area contributed by atoms with E-state index in [9.17, 15) is 0 Å². The van der Waals surface area contributed by atoms with Crippen LogP contribution in [0.3, 0.4) is 0 Å². The lowest BCUT2D eigenvalue weighted by Gasteiger charge is -2.11. The van der Waals surface area contributed by atoms with Gasteiger partial charge in [0.25, 0.3) is 0 Å².